The van der Waals surface area contributed by atoms with Gasteiger partial charge in [0.05, 0.1) is 11.3 Å². The summed E-state index contributed by atoms with van der Waals surface area (Å²) in [5.74, 6) is -0.145. The van der Waals surface area contributed by atoms with E-state index in [2.05, 4.69) is 4.99 Å². The standard InChI is InChI=1S/C21H17NO3/c23-21(24)18-8-10-19(11-9-18)22-14-16-6-12-20(13-7-16)25-15-17-4-2-1-3-5-17/h1-14H,15H2,(H,23,24)/b22-14+. The summed E-state index contributed by atoms with van der Waals surface area (Å²) in [5, 5.41) is 8.88. The highest BCUT2D eigenvalue weighted by Crippen LogP contribution is 2.16. The van der Waals surface area contributed by atoms with E-state index in [9.17, 15) is 4.79 Å². The largest absolute Gasteiger partial charge is 0.489 e. The Labute approximate surface area is 146 Å². The number of hydrogen-bond acceptors (Lipinski definition) is 3. The Kier molecular flexibility index (Phi) is 5.22. The zero-order chi connectivity index (χ0) is 17.5. The topological polar surface area (TPSA) is 58.9 Å². The molecule has 0 saturated carbocycles. The van der Waals surface area contributed by atoms with Gasteiger partial charge in [0.2, 0.25) is 0 Å². The molecule has 0 atom stereocenters. The van der Waals surface area contributed by atoms with Crippen LogP contribution in [0.4, 0.5) is 5.69 Å². The summed E-state index contributed by atoms with van der Waals surface area (Å²) in [6, 6.07) is 24.1. The van der Waals surface area contributed by atoms with Crippen LogP contribution in [0.25, 0.3) is 0 Å². The van der Waals surface area contributed by atoms with Crippen LogP contribution in [0.15, 0.2) is 83.9 Å². The van der Waals surface area contributed by atoms with Crippen molar-refractivity contribution in [3.63, 3.8) is 0 Å². The van der Waals surface area contributed by atoms with Gasteiger partial charge in [0.15, 0.2) is 0 Å². The number of carboxylic acids is 1. The molecule has 3 rings (SSSR count). The van der Waals surface area contributed by atoms with E-state index in [-0.39, 0.29) is 5.56 Å². The predicted molar refractivity (Wildman–Crippen MR) is 97.9 cm³/mol. The van der Waals surface area contributed by atoms with E-state index in [1.807, 2.05) is 54.6 Å². The third-order valence-corrected chi connectivity index (χ3v) is 3.61. The third-order valence-electron chi connectivity index (χ3n) is 3.61. The second-order valence-electron chi connectivity index (χ2n) is 5.45. The van der Waals surface area contributed by atoms with E-state index in [0.717, 1.165) is 16.9 Å². The van der Waals surface area contributed by atoms with Crippen LogP contribution in [-0.2, 0) is 6.61 Å². The molecule has 25 heavy (non-hydrogen) atoms. The predicted octanol–water partition coefficient (Wildman–Crippen LogP) is 4.71. The summed E-state index contributed by atoms with van der Waals surface area (Å²) in [4.78, 5) is 15.2. The van der Waals surface area contributed by atoms with Crippen LogP contribution in [0.5, 0.6) is 5.75 Å². The Morgan fingerprint density at radius 2 is 1.60 bits per heavy atom. The summed E-state index contributed by atoms with van der Waals surface area (Å²) in [7, 11) is 0. The molecule has 0 saturated heterocycles. The SMILES string of the molecule is O=C(O)c1ccc(/N=C/c2ccc(OCc3ccccc3)cc2)cc1. The first-order valence-corrected chi connectivity index (χ1v) is 7.85. The Morgan fingerprint density at radius 3 is 2.24 bits per heavy atom. The van der Waals surface area contributed by atoms with Gasteiger partial charge in [0.1, 0.15) is 12.4 Å². The first-order valence-electron chi connectivity index (χ1n) is 7.85. The van der Waals surface area contributed by atoms with E-state index in [1.54, 1.807) is 18.3 Å². The van der Waals surface area contributed by atoms with Gasteiger partial charge in [-0.05, 0) is 59.7 Å². The highest BCUT2D eigenvalue weighted by Gasteiger charge is 2.00. The van der Waals surface area contributed by atoms with Crippen LogP contribution in [0.3, 0.4) is 0 Å². The normalized spacial score (nSPS) is 10.7. The summed E-state index contributed by atoms with van der Waals surface area (Å²) < 4.78 is 5.75. The molecule has 4 nitrogen and oxygen atoms in total. The summed E-state index contributed by atoms with van der Waals surface area (Å²) in [6.45, 7) is 0.532. The lowest BCUT2D eigenvalue weighted by Crippen LogP contribution is -1.95. The molecule has 0 aliphatic heterocycles. The van der Waals surface area contributed by atoms with Crippen molar-refractivity contribution >= 4 is 17.9 Å². The second-order valence-corrected chi connectivity index (χ2v) is 5.45. The number of carboxylic acid groups (broad SMARTS) is 1. The van der Waals surface area contributed by atoms with Crippen LogP contribution >= 0.6 is 0 Å². The molecule has 0 aromatic heterocycles. The van der Waals surface area contributed by atoms with Gasteiger partial charge in [-0.3, -0.25) is 4.99 Å². The summed E-state index contributed by atoms with van der Waals surface area (Å²) in [5.41, 5.74) is 3.01. The van der Waals surface area contributed by atoms with E-state index in [1.165, 1.54) is 12.1 Å². The van der Waals surface area contributed by atoms with Gasteiger partial charge in [0, 0.05) is 6.21 Å². The minimum Gasteiger partial charge on any atom is -0.489 e. The van der Waals surface area contributed by atoms with Gasteiger partial charge in [-0.15, -0.1) is 0 Å². The number of aliphatic imine (C=N–C) groups is 1. The Hall–Kier alpha value is -3.40. The molecule has 1 N–H and O–H groups in total. The Bertz CT molecular complexity index is 854. The molecule has 0 bridgehead atoms. The van der Waals surface area contributed by atoms with Crippen LogP contribution in [-0.4, -0.2) is 17.3 Å². The van der Waals surface area contributed by atoms with Gasteiger partial charge < -0.3 is 9.84 Å². The molecule has 0 aliphatic rings. The van der Waals surface area contributed by atoms with Crippen molar-refractivity contribution in [2.45, 2.75) is 6.61 Å². The highest BCUT2D eigenvalue weighted by molar-refractivity contribution is 5.88. The van der Waals surface area contributed by atoms with Crippen molar-refractivity contribution in [1.29, 1.82) is 0 Å². The number of carbonyl (C=O) groups is 1. The first-order chi connectivity index (χ1) is 12.2. The Balaban J connectivity index is 1.59. The lowest BCUT2D eigenvalue weighted by molar-refractivity contribution is 0.0697. The van der Waals surface area contributed by atoms with Gasteiger partial charge in [-0.25, -0.2) is 4.79 Å². The van der Waals surface area contributed by atoms with Gasteiger partial charge in [-0.1, -0.05) is 30.3 Å². The average molecular weight is 331 g/mol. The maximum Gasteiger partial charge on any atom is 0.335 e. The monoisotopic (exact) mass is 331 g/mol. The summed E-state index contributed by atoms with van der Waals surface area (Å²) in [6.07, 6.45) is 1.73. The molecule has 0 aliphatic carbocycles. The highest BCUT2D eigenvalue weighted by atomic mass is 16.5. The van der Waals surface area contributed by atoms with Crippen LogP contribution in [0.2, 0.25) is 0 Å². The fourth-order valence-electron chi connectivity index (χ4n) is 2.23. The minimum absolute atomic E-state index is 0.249. The van der Waals surface area contributed by atoms with E-state index in [0.29, 0.717) is 12.3 Å². The molecule has 124 valence electrons. The molecule has 4 heteroatoms. The van der Waals surface area contributed by atoms with Crippen molar-refractivity contribution in [3.05, 3.63) is 95.6 Å². The molecule has 0 spiro atoms. The lowest BCUT2D eigenvalue weighted by Gasteiger charge is -2.06. The molecule has 0 fully saturated rings. The quantitative estimate of drug-likeness (QED) is 0.665. The summed E-state index contributed by atoms with van der Waals surface area (Å²) >= 11 is 0. The molecular formula is C21H17NO3. The molecular weight excluding hydrogens is 314 g/mol. The van der Waals surface area contributed by atoms with Crippen molar-refractivity contribution in [2.75, 3.05) is 0 Å². The van der Waals surface area contributed by atoms with Crippen LogP contribution in [0, 0.1) is 0 Å². The number of rotatable bonds is 6. The van der Waals surface area contributed by atoms with E-state index >= 15 is 0 Å². The maximum absolute atomic E-state index is 10.8. The van der Waals surface area contributed by atoms with Crippen LogP contribution in [0.1, 0.15) is 21.5 Å². The average Bonchev–Trinajstić information content (AvgIpc) is 2.67. The van der Waals surface area contributed by atoms with Crippen LogP contribution < -0.4 is 4.74 Å². The zero-order valence-electron chi connectivity index (χ0n) is 13.5. The molecule has 3 aromatic carbocycles. The molecule has 0 radical (unpaired) electrons. The minimum atomic E-state index is -0.943. The van der Waals surface area contributed by atoms with Crippen molar-refractivity contribution < 1.29 is 14.6 Å². The van der Waals surface area contributed by atoms with E-state index < -0.39 is 5.97 Å². The number of hydrogen-bond donors (Lipinski definition) is 1. The number of aromatic carboxylic acids is 1. The molecule has 0 amide bonds. The van der Waals surface area contributed by atoms with Crippen molar-refractivity contribution in [3.8, 4) is 5.75 Å². The molecule has 0 unspecified atom stereocenters. The van der Waals surface area contributed by atoms with Crippen molar-refractivity contribution in [1.82, 2.24) is 0 Å². The Morgan fingerprint density at radius 1 is 0.920 bits per heavy atom. The maximum atomic E-state index is 10.8. The fourth-order valence-corrected chi connectivity index (χ4v) is 2.23. The second kappa shape index (κ2) is 7.93. The molecule has 3 aromatic rings. The lowest BCUT2D eigenvalue weighted by atomic mass is 10.2. The fraction of sp³-hybridized carbons (Fsp3) is 0.0476. The van der Waals surface area contributed by atoms with Gasteiger partial charge in [-0.2, -0.15) is 0 Å². The third kappa shape index (κ3) is 4.78. The number of benzene rings is 3. The van der Waals surface area contributed by atoms with E-state index in [4.69, 9.17) is 9.84 Å². The zero-order valence-corrected chi connectivity index (χ0v) is 13.5. The number of nitrogens with zero attached hydrogens (tertiary/aromatic N) is 1. The van der Waals surface area contributed by atoms with Gasteiger partial charge >= 0.3 is 5.97 Å². The first kappa shape index (κ1) is 16.5. The number of ether oxygens (including phenoxy) is 1. The van der Waals surface area contributed by atoms with Crippen molar-refractivity contribution in [2.24, 2.45) is 4.99 Å². The molecule has 0 heterocycles. The smallest absolute Gasteiger partial charge is 0.335 e. The van der Waals surface area contributed by atoms with Gasteiger partial charge in [0.25, 0.3) is 0 Å².